The number of hydrogen-bond acceptors (Lipinski definition) is 6. The maximum atomic E-state index is 12.9. The summed E-state index contributed by atoms with van der Waals surface area (Å²) in [4.78, 5) is 49.0. The van der Waals surface area contributed by atoms with Crippen LogP contribution in [0, 0.1) is 0 Å². The standard InChI is InChI=1S/C26H28N6O4/c1-5-9-18(25(34)36-4)12-11-17(3)15-32-21(14-19-16-30-13-8-7-10-20(30)27-19)28-23-22(32)24(33)29-26(35)31(23)6-2/h7-13,16H,3,5-6,14-15H2,1-2,4H3,(H,29,33,35)/b12-11-,18-9+. The Hall–Kier alpha value is -4.47. The predicted octanol–water partition coefficient (Wildman–Crippen LogP) is 2.77. The van der Waals surface area contributed by atoms with Crippen molar-refractivity contribution in [3.8, 4) is 0 Å². The number of aromatic amines is 1. The molecule has 0 aromatic carbocycles. The molecular weight excluding hydrogens is 460 g/mol. The molecule has 4 heterocycles. The zero-order valence-corrected chi connectivity index (χ0v) is 20.5. The van der Waals surface area contributed by atoms with E-state index in [-0.39, 0.29) is 12.1 Å². The van der Waals surface area contributed by atoms with E-state index in [0.717, 1.165) is 11.3 Å². The van der Waals surface area contributed by atoms with Crippen molar-refractivity contribution in [2.45, 2.75) is 39.8 Å². The first-order valence-electron chi connectivity index (χ1n) is 11.6. The van der Waals surface area contributed by atoms with Gasteiger partial charge in [-0.25, -0.2) is 19.6 Å². The maximum absolute atomic E-state index is 12.9. The van der Waals surface area contributed by atoms with Crippen molar-refractivity contribution in [2.24, 2.45) is 0 Å². The SMILES string of the molecule is C=C(/C=C\C(=C/CC)C(=O)OC)Cn1c(Cc2cn3ccccc3n2)nc2c1c(=O)[nH]c(=O)n2CC. The first-order valence-corrected chi connectivity index (χ1v) is 11.6. The number of methoxy groups -OCH3 is 1. The van der Waals surface area contributed by atoms with Gasteiger partial charge in [-0.1, -0.05) is 31.7 Å². The van der Waals surface area contributed by atoms with Gasteiger partial charge in [0.1, 0.15) is 11.5 Å². The van der Waals surface area contributed by atoms with Crippen molar-refractivity contribution < 1.29 is 9.53 Å². The number of nitrogens with zero attached hydrogens (tertiary/aromatic N) is 5. The van der Waals surface area contributed by atoms with E-state index < -0.39 is 17.2 Å². The molecule has 1 N–H and O–H groups in total. The highest BCUT2D eigenvalue weighted by Crippen LogP contribution is 2.18. The van der Waals surface area contributed by atoms with E-state index in [2.05, 4.69) is 16.5 Å². The Labute approximate surface area is 206 Å². The van der Waals surface area contributed by atoms with Gasteiger partial charge in [0, 0.05) is 31.9 Å². The molecular formula is C26H28N6O4. The molecule has 0 fully saturated rings. The van der Waals surface area contributed by atoms with Crippen molar-refractivity contribution in [1.82, 2.24) is 28.5 Å². The number of rotatable bonds is 9. The van der Waals surface area contributed by atoms with Crippen molar-refractivity contribution in [3.05, 3.63) is 98.9 Å². The first-order chi connectivity index (χ1) is 17.4. The summed E-state index contributed by atoms with van der Waals surface area (Å²) in [5.41, 5.74) is 2.16. The second-order valence-electron chi connectivity index (χ2n) is 8.22. The smallest absolute Gasteiger partial charge is 0.337 e. The van der Waals surface area contributed by atoms with Crippen LogP contribution in [0.15, 0.2) is 76.1 Å². The van der Waals surface area contributed by atoms with Crippen LogP contribution in [-0.4, -0.2) is 41.6 Å². The number of fused-ring (bicyclic) bond motifs is 2. The van der Waals surface area contributed by atoms with E-state index in [9.17, 15) is 14.4 Å². The van der Waals surface area contributed by atoms with Gasteiger partial charge in [-0.2, -0.15) is 0 Å². The second-order valence-corrected chi connectivity index (χ2v) is 8.22. The van der Waals surface area contributed by atoms with Crippen LogP contribution in [0.2, 0.25) is 0 Å². The van der Waals surface area contributed by atoms with E-state index in [1.165, 1.54) is 11.7 Å². The molecule has 4 aromatic rings. The van der Waals surface area contributed by atoms with Gasteiger partial charge < -0.3 is 13.7 Å². The number of esters is 1. The molecule has 0 radical (unpaired) electrons. The molecule has 0 aliphatic carbocycles. The van der Waals surface area contributed by atoms with E-state index in [1.54, 1.807) is 22.8 Å². The number of imidazole rings is 2. The van der Waals surface area contributed by atoms with Crippen molar-refractivity contribution in [3.63, 3.8) is 0 Å². The van der Waals surface area contributed by atoms with Gasteiger partial charge in [-0.15, -0.1) is 0 Å². The summed E-state index contributed by atoms with van der Waals surface area (Å²) >= 11 is 0. The molecule has 0 unspecified atom stereocenters. The number of aromatic nitrogens is 6. The number of ether oxygens (including phenoxy) is 1. The number of nitrogens with one attached hydrogen (secondary N) is 1. The van der Waals surface area contributed by atoms with E-state index in [4.69, 9.17) is 9.72 Å². The zero-order chi connectivity index (χ0) is 25.8. The number of aryl methyl sites for hydroxylation is 1. The summed E-state index contributed by atoms with van der Waals surface area (Å²) in [5, 5.41) is 0. The lowest BCUT2D eigenvalue weighted by Crippen LogP contribution is -2.30. The lowest BCUT2D eigenvalue weighted by atomic mass is 10.1. The van der Waals surface area contributed by atoms with E-state index in [0.29, 0.717) is 42.0 Å². The van der Waals surface area contributed by atoms with Gasteiger partial charge in [0.05, 0.1) is 18.4 Å². The second kappa shape index (κ2) is 10.4. The highest BCUT2D eigenvalue weighted by atomic mass is 16.5. The van der Waals surface area contributed by atoms with Gasteiger partial charge in [0.2, 0.25) is 0 Å². The topological polar surface area (TPSA) is 116 Å². The summed E-state index contributed by atoms with van der Waals surface area (Å²) in [5.74, 6) is 0.128. The van der Waals surface area contributed by atoms with Crippen LogP contribution in [0.1, 0.15) is 31.8 Å². The molecule has 10 heteroatoms. The number of hydrogen-bond donors (Lipinski definition) is 1. The van der Waals surface area contributed by atoms with Crippen LogP contribution in [0.5, 0.6) is 0 Å². The molecule has 0 bridgehead atoms. The van der Waals surface area contributed by atoms with Gasteiger partial charge in [-0.05, 0) is 37.1 Å². The van der Waals surface area contributed by atoms with Crippen LogP contribution in [0.25, 0.3) is 16.8 Å². The Bertz CT molecular complexity index is 1600. The fourth-order valence-electron chi connectivity index (χ4n) is 4.07. The Morgan fingerprint density at radius 2 is 1.97 bits per heavy atom. The van der Waals surface area contributed by atoms with Crippen molar-refractivity contribution >= 4 is 22.8 Å². The summed E-state index contributed by atoms with van der Waals surface area (Å²) in [6.45, 7) is 8.42. The molecule has 0 amide bonds. The molecule has 0 spiro atoms. The molecule has 186 valence electrons. The largest absolute Gasteiger partial charge is 0.465 e. The third-order valence-electron chi connectivity index (χ3n) is 5.74. The number of carbonyl (C=O) groups excluding carboxylic acids is 1. The third-order valence-corrected chi connectivity index (χ3v) is 5.74. The summed E-state index contributed by atoms with van der Waals surface area (Å²) in [7, 11) is 1.33. The summed E-state index contributed by atoms with van der Waals surface area (Å²) in [6, 6.07) is 5.73. The quantitative estimate of drug-likeness (QED) is 0.220. The first kappa shape index (κ1) is 24.6. The molecule has 0 atom stereocenters. The maximum Gasteiger partial charge on any atom is 0.337 e. The van der Waals surface area contributed by atoms with Gasteiger partial charge in [0.15, 0.2) is 11.2 Å². The monoisotopic (exact) mass is 488 g/mol. The molecule has 36 heavy (non-hydrogen) atoms. The highest BCUT2D eigenvalue weighted by Gasteiger charge is 2.19. The molecule has 4 aromatic heterocycles. The Morgan fingerprint density at radius 1 is 1.17 bits per heavy atom. The fraction of sp³-hybridized carbons (Fsp3) is 0.269. The number of H-pyrrole nitrogens is 1. The lowest BCUT2D eigenvalue weighted by Gasteiger charge is -2.09. The Morgan fingerprint density at radius 3 is 2.67 bits per heavy atom. The van der Waals surface area contributed by atoms with Crippen LogP contribution in [0.4, 0.5) is 0 Å². The van der Waals surface area contributed by atoms with Crippen molar-refractivity contribution in [1.29, 1.82) is 0 Å². The zero-order valence-electron chi connectivity index (χ0n) is 20.5. The molecule has 0 aliphatic heterocycles. The molecule has 0 saturated heterocycles. The average Bonchev–Trinajstić information content (AvgIpc) is 3.42. The number of allylic oxidation sites excluding steroid dienone is 3. The minimum Gasteiger partial charge on any atom is -0.465 e. The minimum absolute atomic E-state index is 0.223. The third kappa shape index (κ3) is 4.83. The van der Waals surface area contributed by atoms with Crippen LogP contribution in [-0.2, 0) is 29.0 Å². The predicted molar refractivity (Wildman–Crippen MR) is 137 cm³/mol. The van der Waals surface area contributed by atoms with E-state index in [1.807, 2.05) is 48.8 Å². The lowest BCUT2D eigenvalue weighted by molar-refractivity contribution is -0.135. The average molecular weight is 489 g/mol. The summed E-state index contributed by atoms with van der Waals surface area (Å²) < 4.78 is 9.92. The minimum atomic E-state index is -0.522. The molecule has 4 rings (SSSR count). The Balaban J connectivity index is 1.78. The molecule has 0 saturated carbocycles. The highest BCUT2D eigenvalue weighted by molar-refractivity contribution is 5.91. The van der Waals surface area contributed by atoms with Crippen molar-refractivity contribution in [2.75, 3.05) is 7.11 Å². The normalized spacial score (nSPS) is 12.1. The van der Waals surface area contributed by atoms with E-state index >= 15 is 0 Å². The summed E-state index contributed by atoms with van der Waals surface area (Å²) in [6.07, 6.45) is 9.94. The molecule has 0 aliphatic rings. The van der Waals surface area contributed by atoms with Gasteiger partial charge in [-0.3, -0.25) is 14.3 Å². The van der Waals surface area contributed by atoms with Crippen LogP contribution in [0.3, 0.4) is 0 Å². The van der Waals surface area contributed by atoms with Gasteiger partial charge >= 0.3 is 11.7 Å². The van der Waals surface area contributed by atoms with Crippen LogP contribution >= 0.6 is 0 Å². The Kier molecular flexibility index (Phi) is 7.14. The number of carbonyl (C=O) groups is 1. The number of pyridine rings is 1. The van der Waals surface area contributed by atoms with Crippen LogP contribution < -0.4 is 11.2 Å². The molecule has 10 nitrogen and oxygen atoms in total. The fourth-order valence-corrected chi connectivity index (χ4v) is 4.07. The van der Waals surface area contributed by atoms with Gasteiger partial charge in [0.25, 0.3) is 5.56 Å².